The molecule has 3 heterocycles. The van der Waals surface area contributed by atoms with Crippen molar-refractivity contribution in [2.24, 2.45) is 7.05 Å². The second kappa shape index (κ2) is 9.02. The number of aliphatic hydroxyl groups is 1. The summed E-state index contributed by atoms with van der Waals surface area (Å²) in [4.78, 5) is 6.39. The Labute approximate surface area is 195 Å². The van der Waals surface area contributed by atoms with Crippen LogP contribution in [0, 0.1) is 0 Å². The van der Waals surface area contributed by atoms with Crippen molar-refractivity contribution in [3.63, 3.8) is 0 Å². The van der Waals surface area contributed by atoms with Crippen LogP contribution in [0.3, 0.4) is 0 Å². The molecule has 2 aromatic carbocycles. The molecule has 33 heavy (non-hydrogen) atoms. The van der Waals surface area contributed by atoms with Crippen LogP contribution in [0.1, 0.15) is 24.3 Å². The lowest BCUT2D eigenvalue weighted by Crippen LogP contribution is -2.67. The summed E-state index contributed by atoms with van der Waals surface area (Å²) in [5.41, 5.74) is 3.45. The van der Waals surface area contributed by atoms with Gasteiger partial charge in [-0.25, -0.2) is 13.4 Å². The Kier molecular flexibility index (Phi) is 6.09. The van der Waals surface area contributed by atoms with Crippen LogP contribution in [0.2, 0.25) is 0 Å². The fraction of sp³-hybridized carbons (Fsp3) is 0.400. The molecule has 1 aromatic heterocycles. The lowest BCUT2D eigenvalue weighted by Gasteiger charge is -2.57. The third kappa shape index (κ3) is 4.12. The quantitative estimate of drug-likeness (QED) is 0.626. The predicted octanol–water partition coefficient (Wildman–Crippen LogP) is 2.70. The Morgan fingerprint density at radius 1 is 1.00 bits per heavy atom. The van der Waals surface area contributed by atoms with Crippen LogP contribution in [0.4, 0.5) is 0 Å². The number of imidazole rings is 1. The van der Waals surface area contributed by atoms with E-state index in [2.05, 4.69) is 46.3 Å². The Hall–Kier alpha value is -2.52. The van der Waals surface area contributed by atoms with Crippen LogP contribution in [-0.2, 0) is 17.1 Å². The fourth-order valence-electron chi connectivity index (χ4n) is 5.31. The summed E-state index contributed by atoms with van der Waals surface area (Å²) < 4.78 is 29.9. The summed E-state index contributed by atoms with van der Waals surface area (Å²) in [7, 11) is -1.89. The van der Waals surface area contributed by atoms with Gasteiger partial charge in [-0.2, -0.15) is 4.31 Å². The van der Waals surface area contributed by atoms with Crippen LogP contribution in [-0.4, -0.2) is 70.6 Å². The molecule has 174 valence electrons. The fourth-order valence-corrected chi connectivity index (χ4v) is 6.77. The minimum Gasteiger partial charge on any atom is -0.395 e. The van der Waals surface area contributed by atoms with E-state index in [9.17, 15) is 13.5 Å². The Bertz CT molecular complexity index is 1190. The van der Waals surface area contributed by atoms with E-state index < -0.39 is 10.0 Å². The maximum absolute atomic E-state index is 13.3. The third-order valence-corrected chi connectivity index (χ3v) is 8.77. The topological polar surface area (TPSA) is 78.7 Å². The molecule has 2 aliphatic heterocycles. The van der Waals surface area contributed by atoms with E-state index in [0.29, 0.717) is 13.1 Å². The van der Waals surface area contributed by atoms with Crippen molar-refractivity contribution in [2.75, 3.05) is 26.2 Å². The van der Waals surface area contributed by atoms with Gasteiger partial charge in [0.15, 0.2) is 5.03 Å². The van der Waals surface area contributed by atoms with E-state index in [-0.39, 0.29) is 29.6 Å². The molecule has 1 N–H and O–H groups in total. The smallest absolute Gasteiger partial charge is 0.262 e. The predicted molar refractivity (Wildman–Crippen MR) is 127 cm³/mol. The highest BCUT2D eigenvalue weighted by Gasteiger charge is 2.50. The van der Waals surface area contributed by atoms with Crippen LogP contribution in [0.5, 0.6) is 0 Å². The number of hydrogen-bond acceptors (Lipinski definition) is 5. The van der Waals surface area contributed by atoms with Crippen molar-refractivity contribution in [3.05, 3.63) is 72.7 Å². The summed E-state index contributed by atoms with van der Waals surface area (Å²) in [5, 5.41) is 10.3. The highest BCUT2D eigenvalue weighted by molar-refractivity contribution is 7.89. The van der Waals surface area contributed by atoms with Crippen LogP contribution < -0.4 is 0 Å². The zero-order valence-corrected chi connectivity index (χ0v) is 19.6. The molecule has 0 saturated carbocycles. The molecule has 3 aromatic rings. The van der Waals surface area contributed by atoms with E-state index in [1.54, 1.807) is 22.1 Å². The molecule has 2 fully saturated rings. The molecule has 0 spiro atoms. The highest BCUT2D eigenvalue weighted by Crippen LogP contribution is 2.42. The molecule has 2 saturated heterocycles. The molecule has 0 amide bonds. The van der Waals surface area contributed by atoms with Crippen LogP contribution in [0.15, 0.2) is 72.1 Å². The normalized spacial score (nSPS) is 24.5. The molecular weight excluding hydrogens is 436 g/mol. The largest absolute Gasteiger partial charge is 0.395 e. The number of fused-ring (bicyclic) bond motifs is 1. The van der Waals surface area contributed by atoms with Crippen molar-refractivity contribution in [1.29, 1.82) is 0 Å². The first-order valence-electron chi connectivity index (χ1n) is 11.5. The van der Waals surface area contributed by atoms with E-state index in [1.807, 2.05) is 18.2 Å². The molecular formula is C25H30N4O3S. The van der Waals surface area contributed by atoms with E-state index >= 15 is 0 Å². The second-order valence-corrected chi connectivity index (χ2v) is 10.9. The van der Waals surface area contributed by atoms with Gasteiger partial charge in [-0.15, -0.1) is 0 Å². The Balaban J connectivity index is 1.42. The van der Waals surface area contributed by atoms with Gasteiger partial charge in [-0.05, 0) is 36.1 Å². The number of rotatable bonds is 5. The SMILES string of the molecule is Cn1cnc(S(=O)(=O)N2CCCCN3[C@H](CO)[C@H](c4ccc(-c5ccccc5)cc4)[C@H]3C2)c1. The van der Waals surface area contributed by atoms with Crippen LogP contribution in [0.25, 0.3) is 11.1 Å². The first kappa shape index (κ1) is 22.3. The first-order chi connectivity index (χ1) is 16.0. The van der Waals surface area contributed by atoms with Gasteiger partial charge >= 0.3 is 0 Å². The summed E-state index contributed by atoms with van der Waals surface area (Å²) in [6, 6.07) is 18.8. The summed E-state index contributed by atoms with van der Waals surface area (Å²) in [6.07, 6.45) is 4.78. The van der Waals surface area contributed by atoms with Crippen molar-refractivity contribution >= 4 is 10.0 Å². The molecule has 0 radical (unpaired) electrons. The molecule has 2 aliphatic rings. The molecule has 5 rings (SSSR count). The second-order valence-electron chi connectivity index (χ2n) is 9.02. The lowest BCUT2D eigenvalue weighted by molar-refractivity contribution is -0.0554. The third-order valence-electron chi connectivity index (χ3n) is 7.02. The number of aliphatic hydroxyl groups excluding tert-OH is 1. The van der Waals surface area contributed by atoms with Gasteiger partial charge < -0.3 is 9.67 Å². The minimum absolute atomic E-state index is 0.00933. The van der Waals surface area contributed by atoms with Gasteiger partial charge in [0.05, 0.1) is 12.9 Å². The van der Waals surface area contributed by atoms with Crippen molar-refractivity contribution < 1.29 is 13.5 Å². The van der Waals surface area contributed by atoms with Crippen molar-refractivity contribution in [1.82, 2.24) is 18.8 Å². The van der Waals surface area contributed by atoms with Gasteiger partial charge in [-0.1, -0.05) is 54.6 Å². The maximum Gasteiger partial charge on any atom is 0.262 e. The van der Waals surface area contributed by atoms with E-state index in [4.69, 9.17) is 0 Å². The summed E-state index contributed by atoms with van der Waals surface area (Å²) >= 11 is 0. The summed E-state index contributed by atoms with van der Waals surface area (Å²) in [6.45, 7) is 1.84. The zero-order valence-electron chi connectivity index (χ0n) is 18.8. The number of hydrogen-bond donors (Lipinski definition) is 1. The molecule has 7 nitrogen and oxygen atoms in total. The molecule has 8 heteroatoms. The average Bonchev–Trinajstić information content (AvgIpc) is 3.26. The van der Waals surface area contributed by atoms with E-state index in [1.165, 1.54) is 6.33 Å². The van der Waals surface area contributed by atoms with E-state index in [0.717, 1.165) is 36.1 Å². The maximum atomic E-state index is 13.3. The number of aryl methyl sites for hydroxylation is 1. The highest BCUT2D eigenvalue weighted by atomic mass is 32.2. The number of benzene rings is 2. The average molecular weight is 467 g/mol. The molecule has 0 aliphatic carbocycles. The van der Waals surface area contributed by atoms with Gasteiger partial charge in [0.2, 0.25) is 0 Å². The van der Waals surface area contributed by atoms with Gasteiger partial charge in [0.1, 0.15) is 0 Å². The first-order valence-corrected chi connectivity index (χ1v) is 12.9. The monoisotopic (exact) mass is 466 g/mol. The molecule has 0 unspecified atom stereocenters. The van der Waals surface area contributed by atoms with Gasteiger partial charge in [0, 0.05) is 44.3 Å². The number of aromatic nitrogens is 2. The molecule has 3 atom stereocenters. The lowest BCUT2D eigenvalue weighted by atomic mass is 9.74. The molecule has 0 bridgehead atoms. The van der Waals surface area contributed by atoms with Crippen molar-refractivity contribution in [2.45, 2.75) is 35.9 Å². The summed E-state index contributed by atoms with van der Waals surface area (Å²) in [5.74, 6) is 0.0827. The van der Waals surface area contributed by atoms with Crippen molar-refractivity contribution in [3.8, 4) is 11.1 Å². The van der Waals surface area contributed by atoms with Gasteiger partial charge in [0.25, 0.3) is 10.0 Å². The minimum atomic E-state index is -3.66. The Morgan fingerprint density at radius 3 is 2.36 bits per heavy atom. The standard InChI is InChI=1S/C25H30N4O3S/c1-27-16-24(26-18-27)33(31,32)28-13-5-6-14-29-22(15-28)25(23(29)17-30)21-11-9-20(10-12-21)19-7-3-2-4-8-19/h2-4,7-12,16,18,22-23,25,30H,5-6,13-15,17H2,1H3/t22-,23-,25-/m1/s1. The zero-order chi connectivity index (χ0) is 23.0. The van der Waals surface area contributed by atoms with Crippen LogP contribution >= 0.6 is 0 Å². The number of nitrogens with zero attached hydrogens (tertiary/aromatic N) is 4. The Morgan fingerprint density at radius 2 is 1.70 bits per heavy atom. The number of sulfonamides is 1. The van der Waals surface area contributed by atoms with Gasteiger partial charge in [-0.3, -0.25) is 4.90 Å².